The standard InChI is InChI=1S/C21H24N2O3S/c1-2-26-16-7-5-14(6-8-16)12-20(24)23-13-15-10-17(18(23)11-15)22-21(25)19-4-3-9-27-19/h3-9,15,17-18H,2,10-13H2,1H3,(H,22,25). The molecule has 4 rings (SSSR count). The molecule has 2 heterocycles. The monoisotopic (exact) mass is 384 g/mol. The van der Waals surface area contributed by atoms with Gasteiger partial charge in [-0.15, -0.1) is 11.3 Å². The first-order valence-corrected chi connectivity index (χ1v) is 10.4. The minimum atomic E-state index is -0.0264. The molecule has 1 aliphatic heterocycles. The molecule has 3 unspecified atom stereocenters. The maximum absolute atomic E-state index is 12.9. The van der Waals surface area contributed by atoms with Gasteiger partial charge in [0.1, 0.15) is 5.75 Å². The quantitative estimate of drug-likeness (QED) is 0.833. The first kappa shape index (κ1) is 18.0. The molecular weight excluding hydrogens is 360 g/mol. The number of amides is 2. The molecular formula is C21H24N2O3S. The van der Waals surface area contributed by atoms with Gasteiger partial charge in [-0.3, -0.25) is 9.59 Å². The average molecular weight is 385 g/mol. The molecule has 27 heavy (non-hydrogen) atoms. The molecule has 1 aromatic carbocycles. The lowest BCUT2D eigenvalue weighted by atomic mass is 10.0. The van der Waals surface area contributed by atoms with Gasteiger partial charge in [0.2, 0.25) is 5.91 Å². The van der Waals surface area contributed by atoms with Crippen molar-refractivity contribution in [2.75, 3.05) is 13.2 Å². The van der Waals surface area contributed by atoms with E-state index in [1.54, 1.807) is 0 Å². The number of nitrogens with zero attached hydrogens (tertiary/aromatic N) is 1. The summed E-state index contributed by atoms with van der Waals surface area (Å²) >= 11 is 1.45. The number of ether oxygens (including phenoxy) is 1. The molecule has 1 saturated heterocycles. The number of carbonyl (C=O) groups is 2. The van der Waals surface area contributed by atoms with Crippen molar-refractivity contribution in [3.63, 3.8) is 0 Å². The fourth-order valence-electron chi connectivity index (χ4n) is 4.26. The lowest BCUT2D eigenvalue weighted by Gasteiger charge is -2.33. The molecule has 2 bridgehead atoms. The Balaban J connectivity index is 1.37. The van der Waals surface area contributed by atoms with Crippen LogP contribution in [0, 0.1) is 5.92 Å². The summed E-state index contributed by atoms with van der Waals surface area (Å²) in [4.78, 5) is 27.9. The van der Waals surface area contributed by atoms with E-state index in [-0.39, 0.29) is 23.9 Å². The molecule has 2 aliphatic rings. The zero-order valence-electron chi connectivity index (χ0n) is 15.4. The normalized spacial score (nSPS) is 23.4. The Morgan fingerprint density at radius 3 is 2.70 bits per heavy atom. The average Bonchev–Trinajstić information content (AvgIpc) is 3.40. The molecule has 2 aromatic rings. The van der Waals surface area contributed by atoms with Gasteiger partial charge in [0.05, 0.1) is 23.9 Å². The minimum Gasteiger partial charge on any atom is -0.494 e. The van der Waals surface area contributed by atoms with E-state index in [1.807, 2.05) is 53.6 Å². The fraction of sp³-hybridized carbons (Fsp3) is 0.429. The molecule has 1 saturated carbocycles. The number of carbonyl (C=O) groups excluding carboxylic acids is 2. The van der Waals surface area contributed by atoms with E-state index in [2.05, 4.69) is 5.32 Å². The predicted octanol–water partition coefficient (Wildman–Crippen LogP) is 3.11. The van der Waals surface area contributed by atoms with Crippen LogP contribution in [0.5, 0.6) is 5.75 Å². The molecule has 5 nitrogen and oxygen atoms in total. The van der Waals surface area contributed by atoms with Gasteiger partial charge in [-0.2, -0.15) is 0 Å². The molecule has 2 fully saturated rings. The maximum atomic E-state index is 12.9. The van der Waals surface area contributed by atoms with Crippen LogP contribution in [0.3, 0.4) is 0 Å². The minimum absolute atomic E-state index is 0.0264. The second kappa shape index (κ2) is 7.72. The van der Waals surface area contributed by atoms with Gasteiger partial charge in [-0.05, 0) is 54.8 Å². The Morgan fingerprint density at radius 1 is 1.22 bits per heavy atom. The van der Waals surface area contributed by atoms with Crippen molar-refractivity contribution in [3.8, 4) is 5.75 Å². The van der Waals surface area contributed by atoms with Crippen molar-refractivity contribution in [2.45, 2.75) is 38.3 Å². The van der Waals surface area contributed by atoms with Gasteiger partial charge in [0.25, 0.3) is 5.91 Å². The SMILES string of the molecule is CCOc1ccc(CC(=O)N2CC3CC(NC(=O)c4cccs4)C2C3)cc1. The lowest BCUT2D eigenvalue weighted by Crippen LogP contribution is -2.52. The fourth-order valence-corrected chi connectivity index (χ4v) is 4.89. The number of likely N-dealkylation sites (tertiary alicyclic amines) is 1. The van der Waals surface area contributed by atoms with Gasteiger partial charge in [0, 0.05) is 12.6 Å². The molecule has 1 aromatic heterocycles. The second-order valence-electron chi connectivity index (χ2n) is 7.26. The summed E-state index contributed by atoms with van der Waals surface area (Å²) in [6, 6.07) is 11.6. The van der Waals surface area contributed by atoms with E-state index in [9.17, 15) is 9.59 Å². The summed E-state index contributed by atoms with van der Waals surface area (Å²) in [6.07, 6.45) is 2.35. The highest BCUT2D eigenvalue weighted by Gasteiger charge is 2.47. The van der Waals surface area contributed by atoms with Gasteiger partial charge in [0.15, 0.2) is 0 Å². The highest BCUT2D eigenvalue weighted by molar-refractivity contribution is 7.12. The zero-order valence-corrected chi connectivity index (χ0v) is 16.2. The zero-order chi connectivity index (χ0) is 18.8. The van der Waals surface area contributed by atoms with Crippen LogP contribution in [0.1, 0.15) is 35.0 Å². The number of thiophene rings is 1. The summed E-state index contributed by atoms with van der Waals surface area (Å²) < 4.78 is 5.45. The Kier molecular flexibility index (Phi) is 5.16. The molecule has 0 radical (unpaired) electrons. The predicted molar refractivity (Wildman–Crippen MR) is 105 cm³/mol. The number of nitrogens with one attached hydrogen (secondary N) is 1. The van der Waals surface area contributed by atoms with Crippen LogP contribution in [0.15, 0.2) is 41.8 Å². The van der Waals surface area contributed by atoms with Gasteiger partial charge >= 0.3 is 0 Å². The Hall–Kier alpha value is -2.34. The van der Waals surface area contributed by atoms with Crippen LogP contribution in [-0.4, -0.2) is 41.9 Å². The van der Waals surface area contributed by atoms with Crippen molar-refractivity contribution in [3.05, 3.63) is 52.2 Å². The van der Waals surface area contributed by atoms with E-state index in [0.29, 0.717) is 18.9 Å². The molecule has 142 valence electrons. The lowest BCUT2D eigenvalue weighted by molar-refractivity contribution is -0.132. The largest absolute Gasteiger partial charge is 0.494 e. The molecule has 3 atom stereocenters. The summed E-state index contributed by atoms with van der Waals surface area (Å²) in [7, 11) is 0. The molecule has 2 amide bonds. The summed E-state index contributed by atoms with van der Waals surface area (Å²) in [6.45, 7) is 3.40. The second-order valence-corrected chi connectivity index (χ2v) is 8.21. The number of fused-ring (bicyclic) bond motifs is 2. The van der Waals surface area contributed by atoms with Crippen molar-refractivity contribution >= 4 is 23.2 Å². The highest BCUT2D eigenvalue weighted by atomic mass is 32.1. The van der Waals surface area contributed by atoms with Crippen LogP contribution >= 0.6 is 11.3 Å². The third-order valence-electron chi connectivity index (χ3n) is 5.45. The van der Waals surface area contributed by atoms with Crippen LogP contribution in [-0.2, 0) is 11.2 Å². The Morgan fingerprint density at radius 2 is 2.04 bits per heavy atom. The Bertz CT molecular complexity index is 803. The Labute approximate surface area is 163 Å². The van der Waals surface area contributed by atoms with Crippen molar-refractivity contribution in [1.82, 2.24) is 10.2 Å². The van der Waals surface area contributed by atoms with Crippen LogP contribution in [0.4, 0.5) is 0 Å². The third-order valence-corrected chi connectivity index (χ3v) is 6.32. The van der Waals surface area contributed by atoms with Crippen LogP contribution in [0.2, 0.25) is 0 Å². The topological polar surface area (TPSA) is 58.6 Å². The maximum Gasteiger partial charge on any atom is 0.261 e. The van der Waals surface area contributed by atoms with E-state index in [1.165, 1.54) is 11.3 Å². The van der Waals surface area contributed by atoms with Crippen LogP contribution in [0.25, 0.3) is 0 Å². The molecule has 6 heteroatoms. The highest BCUT2D eigenvalue weighted by Crippen LogP contribution is 2.38. The van der Waals surface area contributed by atoms with Gasteiger partial charge in [-0.25, -0.2) is 0 Å². The van der Waals surface area contributed by atoms with E-state index in [4.69, 9.17) is 4.74 Å². The number of benzene rings is 1. The number of hydrogen-bond donors (Lipinski definition) is 1. The smallest absolute Gasteiger partial charge is 0.261 e. The molecule has 0 spiro atoms. The number of piperidine rings is 1. The molecule has 1 aliphatic carbocycles. The molecule has 1 N–H and O–H groups in total. The van der Waals surface area contributed by atoms with Crippen molar-refractivity contribution in [1.29, 1.82) is 0 Å². The van der Waals surface area contributed by atoms with Gasteiger partial charge in [-0.1, -0.05) is 18.2 Å². The van der Waals surface area contributed by atoms with Crippen molar-refractivity contribution in [2.24, 2.45) is 5.92 Å². The first-order valence-electron chi connectivity index (χ1n) is 9.49. The summed E-state index contributed by atoms with van der Waals surface area (Å²) in [5.41, 5.74) is 0.991. The first-order chi connectivity index (χ1) is 13.1. The van der Waals surface area contributed by atoms with Crippen molar-refractivity contribution < 1.29 is 14.3 Å². The van der Waals surface area contributed by atoms with Crippen LogP contribution < -0.4 is 10.1 Å². The van der Waals surface area contributed by atoms with E-state index >= 15 is 0 Å². The number of rotatable bonds is 6. The van der Waals surface area contributed by atoms with Gasteiger partial charge < -0.3 is 15.0 Å². The summed E-state index contributed by atoms with van der Waals surface area (Å²) in [5.74, 6) is 1.43. The third kappa shape index (κ3) is 3.86. The van der Waals surface area contributed by atoms with E-state index in [0.717, 1.165) is 35.6 Å². The van der Waals surface area contributed by atoms with E-state index < -0.39 is 0 Å². The summed E-state index contributed by atoms with van der Waals surface area (Å²) in [5, 5.41) is 5.05. The number of hydrogen-bond acceptors (Lipinski definition) is 4.